The second-order valence-electron chi connectivity index (χ2n) is 6.64. The van der Waals surface area contributed by atoms with Crippen LogP contribution in [0.25, 0.3) is 0 Å². The van der Waals surface area contributed by atoms with Crippen LogP contribution in [0.4, 0.5) is 0 Å². The zero-order valence-electron chi connectivity index (χ0n) is 15.1. The molecule has 1 amide bonds. The van der Waals surface area contributed by atoms with Gasteiger partial charge in [-0.25, -0.2) is 8.93 Å². The van der Waals surface area contributed by atoms with Gasteiger partial charge in [-0.15, -0.1) is 0 Å². The predicted molar refractivity (Wildman–Crippen MR) is 102 cm³/mol. The van der Waals surface area contributed by atoms with Gasteiger partial charge in [-0.05, 0) is 42.2 Å². The molecule has 0 aliphatic carbocycles. The highest BCUT2D eigenvalue weighted by Gasteiger charge is 2.21. The second-order valence-corrected chi connectivity index (χ2v) is 7.94. The van der Waals surface area contributed by atoms with E-state index < -0.39 is 17.0 Å². The number of nitrogens with zero attached hydrogens (tertiary/aromatic N) is 1. The van der Waals surface area contributed by atoms with Gasteiger partial charge in [0.25, 0.3) is 0 Å². The summed E-state index contributed by atoms with van der Waals surface area (Å²) < 4.78 is 15.0. The van der Waals surface area contributed by atoms with Gasteiger partial charge in [0.2, 0.25) is 5.91 Å². The predicted octanol–water partition coefficient (Wildman–Crippen LogP) is 1.82. The Morgan fingerprint density at radius 1 is 1.15 bits per heavy atom. The molecule has 2 N–H and O–H groups in total. The molecule has 3 rings (SSSR count). The van der Waals surface area contributed by atoms with Gasteiger partial charge in [0.15, 0.2) is 0 Å². The Kier molecular flexibility index (Phi) is 6.03. The molecule has 0 bridgehead atoms. The fourth-order valence-corrected chi connectivity index (χ4v) is 3.90. The van der Waals surface area contributed by atoms with Crippen LogP contribution >= 0.6 is 0 Å². The number of carbonyl (C=O) groups excluding carboxylic acids is 1. The fourth-order valence-electron chi connectivity index (χ4n) is 3.09. The van der Waals surface area contributed by atoms with Gasteiger partial charge < -0.3 is 10.0 Å². The Balaban J connectivity index is 1.59. The second kappa shape index (κ2) is 8.45. The van der Waals surface area contributed by atoms with Crippen molar-refractivity contribution in [3.8, 4) is 0 Å². The van der Waals surface area contributed by atoms with Crippen molar-refractivity contribution >= 4 is 22.9 Å². The van der Waals surface area contributed by atoms with Gasteiger partial charge >= 0.3 is 5.97 Å². The molecule has 0 aromatic heterocycles. The zero-order chi connectivity index (χ0) is 19.4. The smallest absolute Gasteiger partial charge is 0.307 e. The largest absolute Gasteiger partial charge is 0.481 e. The number of hydrogen-bond donors (Lipinski definition) is 2. The molecule has 1 atom stereocenters. The van der Waals surface area contributed by atoms with E-state index in [1.807, 2.05) is 37.3 Å². The first-order chi connectivity index (χ1) is 12.9. The van der Waals surface area contributed by atoms with Crippen LogP contribution in [0.3, 0.4) is 0 Å². The Labute approximate surface area is 160 Å². The van der Waals surface area contributed by atoms with E-state index in [2.05, 4.69) is 4.72 Å². The zero-order valence-corrected chi connectivity index (χ0v) is 15.9. The molecule has 0 spiro atoms. The highest BCUT2D eigenvalue weighted by Crippen LogP contribution is 2.21. The molecule has 6 nitrogen and oxygen atoms in total. The summed E-state index contributed by atoms with van der Waals surface area (Å²) in [5.41, 5.74) is 3.94. The molecular formula is C20H22N2O4S. The van der Waals surface area contributed by atoms with Crippen LogP contribution in [0.15, 0.2) is 47.4 Å². The molecular weight excluding hydrogens is 364 g/mol. The summed E-state index contributed by atoms with van der Waals surface area (Å²) in [7, 11) is -1.43. The first-order valence-corrected chi connectivity index (χ1v) is 9.89. The van der Waals surface area contributed by atoms with Crippen LogP contribution in [0.5, 0.6) is 0 Å². The third kappa shape index (κ3) is 5.02. The number of aryl methyl sites for hydroxylation is 1. The lowest BCUT2D eigenvalue weighted by Crippen LogP contribution is -2.41. The average Bonchev–Trinajstić information content (AvgIpc) is 2.65. The summed E-state index contributed by atoms with van der Waals surface area (Å²) in [6.45, 7) is 2.99. The molecule has 1 aliphatic rings. The molecule has 1 heterocycles. The molecule has 0 saturated heterocycles. The van der Waals surface area contributed by atoms with Crippen molar-refractivity contribution in [1.82, 2.24) is 9.62 Å². The Hall–Kier alpha value is -2.51. The number of fused-ring (bicyclic) bond motifs is 1. The topological polar surface area (TPSA) is 86.7 Å². The highest BCUT2D eigenvalue weighted by molar-refractivity contribution is 7.83. The Bertz CT molecular complexity index is 880. The lowest BCUT2D eigenvalue weighted by molar-refractivity contribution is -0.136. The van der Waals surface area contributed by atoms with Crippen molar-refractivity contribution in [3.63, 3.8) is 0 Å². The van der Waals surface area contributed by atoms with Gasteiger partial charge in [-0.3, -0.25) is 9.59 Å². The fraction of sp³-hybridized carbons (Fsp3) is 0.300. The average molecular weight is 386 g/mol. The van der Waals surface area contributed by atoms with Crippen LogP contribution in [-0.4, -0.2) is 39.2 Å². The molecule has 0 saturated carbocycles. The van der Waals surface area contributed by atoms with E-state index in [-0.39, 0.29) is 18.9 Å². The number of rotatable bonds is 6. The number of carbonyl (C=O) groups is 2. The molecule has 1 unspecified atom stereocenters. The standard InChI is InChI=1S/C20H22N2O4S/c1-14-2-6-18(7-3-14)27(26)21-12-19(23)22-9-8-16-5-4-15(11-20(24)25)10-17(16)13-22/h2-7,10,21H,8-9,11-13H2,1H3,(H,24,25). The lowest BCUT2D eigenvalue weighted by Gasteiger charge is -2.29. The minimum atomic E-state index is -1.43. The number of carboxylic acids is 1. The number of benzene rings is 2. The van der Waals surface area contributed by atoms with Crippen molar-refractivity contribution in [1.29, 1.82) is 0 Å². The van der Waals surface area contributed by atoms with Gasteiger partial charge in [0, 0.05) is 13.1 Å². The monoisotopic (exact) mass is 386 g/mol. The number of amides is 1. The van der Waals surface area contributed by atoms with Crippen molar-refractivity contribution in [3.05, 3.63) is 64.7 Å². The van der Waals surface area contributed by atoms with Crippen LogP contribution in [0, 0.1) is 6.92 Å². The SMILES string of the molecule is Cc1ccc(S(=O)NCC(=O)N2CCc3ccc(CC(=O)O)cc3C2)cc1. The van der Waals surface area contributed by atoms with Gasteiger partial charge in [-0.2, -0.15) is 0 Å². The van der Waals surface area contributed by atoms with Crippen molar-refractivity contribution < 1.29 is 18.9 Å². The van der Waals surface area contributed by atoms with Crippen LogP contribution < -0.4 is 4.72 Å². The molecule has 0 fully saturated rings. The van der Waals surface area contributed by atoms with Crippen molar-refractivity contribution in [2.24, 2.45) is 0 Å². The van der Waals surface area contributed by atoms with E-state index in [1.165, 1.54) is 0 Å². The van der Waals surface area contributed by atoms with Crippen molar-refractivity contribution in [2.45, 2.75) is 31.2 Å². The molecule has 1 aliphatic heterocycles. The maximum atomic E-state index is 12.5. The van der Waals surface area contributed by atoms with Gasteiger partial charge in [-0.1, -0.05) is 35.9 Å². The number of nitrogens with one attached hydrogen (secondary N) is 1. The van der Waals surface area contributed by atoms with Crippen LogP contribution in [-0.2, 0) is 40.0 Å². The molecule has 7 heteroatoms. The van der Waals surface area contributed by atoms with Crippen molar-refractivity contribution in [2.75, 3.05) is 13.1 Å². The van der Waals surface area contributed by atoms with E-state index in [9.17, 15) is 13.8 Å². The Morgan fingerprint density at radius 3 is 2.59 bits per heavy atom. The van der Waals surface area contributed by atoms with Gasteiger partial charge in [0.05, 0.1) is 17.9 Å². The third-order valence-electron chi connectivity index (χ3n) is 4.58. The number of hydrogen-bond acceptors (Lipinski definition) is 3. The first-order valence-electron chi connectivity index (χ1n) is 8.74. The van der Waals surface area contributed by atoms with Crippen LogP contribution in [0.2, 0.25) is 0 Å². The minimum Gasteiger partial charge on any atom is -0.481 e. The highest BCUT2D eigenvalue weighted by atomic mass is 32.2. The molecule has 27 heavy (non-hydrogen) atoms. The summed E-state index contributed by atoms with van der Waals surface area (Å²) in [4.78, 5) is 25.7. The quantitative estimate of drug-likeness (QED) is 0.793. The molecule has 2 aromatic rings. The maximum absolute atomic E-state index is 12.5. The van der Waals surface area contributed by atoms with Gasteiger partial charge in [0.1, 0.15) is 11.0 Å². The third-order valence-corrected chi connectivity index (χ3v) is 5.69. The summed E-state index contributed by atoms with van der Waals surface area (Å²) in [6.07, 6.45) is 0.702. The first kappa shape index (κ1) is 19.3. The number of carboxylic acid groups (broad SMARTS) is 1. The van der Waals surface area contributed by atoms with Crippen LogP contribution in [0.1, 0.15) is 22.3 Å². The summed E-state index contributed by atoms with van der Waals surface area (Å²) in [6, 6.07) is 13.0. The molecule has 0 radical (unpaired) electrons. The summed E-state index contributed by atoms with van der Waals surface area (Å²) >= 11 is 0. The normalized spacial score (nSPS) is 14.5. The Morgan fingerprint density at radius 2 is 1.89 bits per heavy atom. The maximum Gasteiger partial charge on any atom is 0.307 e. The van der Waals surface area contributed by atoms with E-state index in [4.69, 9.17) is 5.11 Å². The van der Waals surface area contributed by atoms with E-state index in [1.54, 1.807) is 17.0 Å². The lowest BCUT2D eigenvalue weighted by atomic mass is 9.96. The van der Waals surface area contributed by atoms with E-state index in [0.29, 0.717) is 18.0 Å². The van der Waals surface area contributed by atoms with E-state index in [0.717, 1.165) is 28.7 Å². The minimum absolute atomic E-state index is 0.00929. The molecule has 2 aromatic carbocycles. The van der Waals surface area contributed by atoms with E-state index >= 15 is 0 Å². The summed E-state index contributed by atoms with van der Waals surface area (Å²) in [5.74, 6) is -0.994. The molecule has 142 valence electrons. The summed E-state index contributed by atoms with van der Waals surface area (Å²) in [5, 5.41) is 8.94. The number of aliphatic carboxylic acids is 1.